The highest BCUT2D eigenvalue weighted by molar-refractivity contribution is 7.99. The van der Waals surface area contributed by atoms with Crippen molar-refractivity contribution in [2.75, 3.05) is 24.6 Å². The first-order chi connectivity index (χ1) is 9.86. The molecule has 0 unspecified atom stereocenters. The van der Waals surface area contributed by atoms with Crippen molar-refractivity contribution in [3.63, 3.8) is 0 Å². The lowest BCUT2D eigenvalue weighted by molar-refractivity contribution is -0.141. The summed E-state index contributed by atoms with van der Waals surface area (Å²) in [5.74, 6) is -0.222. The van der Waals surface area contributed by atoms with E-state index in [1.807, 2.05) is 20.8 Å². The second-order valence-corrected chi connectivity index (χ2v) is 6.14. The minimum absolute atomic E-state index is 0.116. The van der Waals surface area contributed by atoms with Crippen LogP contribution in [-0.4, -0.2) is 59.6 Å². The molecule has 7 nitrogen and oxygen atoms in total. The average molecular weight is 319 g/mol. The Kier molecular flexibility index (Phi) is 10.7. The fourth-order valence-corrected chi connectivity index (χ4v) is 1.97. The lowest BCUT2D eigenvalue weighted by atomic mass is 10.2. The van der Waals surface area contributed by atoms with Gasteiger partial charge in [-0.2, -0.15) is 11.8 Å². The third-order valence-corrected chi connectivity index (χ3v) is 3.39. The summed E-state index contributed by atoms with van der Waals surface area (Å²) >= 11 is 1.61. The molecule has 8 heteroatoms. The van der Waals surface area contributed by atoms with Gasteiger partial charge in [-0.15, -0.1) is 0 Å². The van der Waals surface area contributed by atoms with Gasteiger partial charge < -0.3 is 21.1 Å². The second kappa shape index (κ2) is 11.4. The number of carbonyl (C=O) groups is 3. The third-order valence-electron chi connectivity index (χ3n) is 2.49. The number of rotatable bonds is 11. The van der Waals surface area contributed by atoms with Crippen molar-refractivity contribution in [3.8, 4) is 0 Å². The number of hydrogen-bond donors (Lipinski definition) is 4. The van der Waals surface area contributed by atoms with Crippen LogP contribution in [0, 0.1) is 0 Å². The van der Waals surface area contributed by atoms with Crippen LogP contribution in [0.4, 0.5) is 0 Å². The molecule has 0 spiro atoms. The van der Waals surface area contributed by atoms with E-state index >= 15 is 0 Å². The van der Waals surface area contributed by atoms with Crippen molar-refractivity contribution in [3.05, 3.63) is 0 Å². The first kappa shape index (κ1) is 19.7. The van der Waals surface area contributed by atoms with Gasteiger partial charge in [0.1, 0.15) is 6.04 Å². The molecule has 122 valence electrons. The van der Waals surface area contributed by atoms with E-state index < -0.39 is 12.0 Å². The number of carbonyl (C=O) groups excluding carboxylic acids is 2. The summed E-state index contributed by atoms with van der Waals surface area (Å²) in [4.78, 5) is 34.1. The van der Waals surface area contributed by atoms with Crippen LogP contribution in [0.5, 0.6) is 0 Å². The maximum Gasteiger partial charge on any atom is 0.328 e. The number of hydrogen-bond acceptors (Lipinski definition) is 5. The molecule has 0 saturated carbocycles. The molecule has 2 amide bonds. The Morgan fingerprint density at radius 1 is 1.19 bits per heavy atom. The minimum Gasteiger partial charge on any atom is -0.480 e. The van der Waals surface area contributed by atoms with Crippen LogP contribution in [0.1, 0.15) is 27.2 Å². The van der Waals surface area contributed by atoms with Crippen molar-refractivity contribution in [2.24, 2.45) is 0 Å². The van der Waals surface area contributed by atoms with E-state index in [9.17, 15) is 14.4 Å². The minimum atomic E-state index is -1.16. The Morgan fingerprint density at radius 2 is 1.86 bits per heavy atom. The van der Waals surface area contributed by atoms with Crippen molar-refractivity contribution < 1.29 is 19.5 Å². The van der Waals surface area contributed by atoms with E-state index in [0.717, 1.165) is 5.75 Å². The standard InChI is InChI=1S/C13H25N3O4S/c1-4-21-6-5-11(17)16-10(13(19)20)7-15-12(18)8-14-9(2)3/h9-10,14H,4-8H2,1-3H3,(H,15,18)(H,16,17)(H,19,20)/t10-/m1/s1. The maximum absolute atomic E-state index is 11.6. The molecular weight excluding hydrogens is 294 g/mol. The molecule has 0 fully saturated rings. The van der Waals surface area contributed by atoms with Crippen LogP contribution in [0.15, 0.2) is 0 Å². The van der Waals surface area contributed by atoms with Crippen LogP contribution in [0.2, 0.25) is 0 Å². The van der Waals surface area contributed by atoms with E-state index in [0.29, 0.717) is 5.75 Å². The number of nitrogens with one attached hydrogen (secondary N) is 3. The zero-order valence-electron chi connectivity index (χ0n) is 12.8. The van der Waals surface area contributed by atoms with Gasteiger partial charge in [-0.1, -0.05) is 20.8 Å². The van der Waals surface area contributed by atoms with Crippen molar-refractivity contribution in [1.29, 1.82) is 0 Å². The van der Waals surface area contributed by atoms with Crippen molar-refractivity contribution in [1.82, 2.24) is 16.0 Å². The van der Waals surface area contributed by atoms with Gasteiger partial charge in [0.05, 0.1) is 6.54 Å². The molecule has 0 bridgehead atoms. The molecule has 0 aromatic carbocycles. The summed E-state index contributed by atoms with van der Waals surface area (Å²) < 4.78 is 0. The van der Waals surface area contributed by atoms with Gasteiger partial charge in [-0.25, -0.2) is 4.79 Å². The van der Waals surface area contributed by atoms with Crippen LogP contribution >= 0.6 is 11.8 Å². The molecular formula is C13H25N3O4S. The van der Waals surface area contributed by atoms with E-state index in [1.54, 1.807) is 11.8 Å². The molecule has 0 rings (SSSR count). The summed E-state index contributed by atoms with van der Waals surface area (Å²) in [6, 6.07) is -0.936. The molecule has 0 aliphatic heterocycles. The van der Waals surface area contributed by atoms with Gasteiger partial charge in [-0.3, -0.25) is 9.59 Å². The largest absolute Gasteiger partial charge is 0.480 e. The fraction of sp³-hybridized carbons (Fsp3) is 0.769. The molecule has 0 aromatic rings. The lowest BCUT2D eigenvalue weighted by Gasteiger charge is -2.16. The monoisotopic (exact) mass is 319 g/mol. The SMILES string of the molecule is CCSCCC(=O)N[C@H](CNC(=O)CNC(C)C)C(=O)O. The van der Waals surface area contributed by atoms with Crippen LogP contribution < -0.4 is 16.0 Å². The summed E-state index contributed by atoms with van der Waals surface area (Å²) in [5.41, 5.74) is 0. The first-order valence-electron chi connectivity index (χ1n) is 6.96. The Labute approximate surface area is 129 Å². The molecule has 0 aliphatic carbocycles. The van der Waals surface area contributed by atoms with Gasteiger partial charge in [-0.05, 0) is 5.75 Å². The van der Waals surface area contributed by atoms with E-state index in [2.05, 4.69) is 16.0 Å². The number of aliphatic carboxylic acids is 1. The molecule has 21 heavy (non-hydrogen) atoms. The summed E-state index contributed by atoms with van der Waals surface area (Å²) in [7, 11) is 0. The summed E-state index contributed by atoms with van der Waals surface area (Å²) in [6.45, 7) is 5.79. The third kappa shape index (κ3) is 11.1. The summed E-state index contributed by atoms with van der Waals surface area (Å²) in [5, 5.41) is 16.9. The smallest absolute Gasteiger partial charge is 0.328 e. The van der Waals surface area contributed by atoms with Gasteiger partial charge in [0.15, 0.2) is 0 Å². The van der Waals surface area contributed by atoms with E-state index in [4.69, 9.17) is 5.11 Å². The molecule has 0 aliphatic rings. The van der Waals surface area contributed by atoms with Gasteiger partial charge >= 0.3 is 5.97 Å². The highest BCUT2D eigenvalue weighted by Crippen LogP contribution is 2.00. The predicted octanol–water partition coefficient (Wildman–Crippen LogP) is -0.187. The summed E-state index contributed by atoms with van der Waals surface area (Å²) in [6.07, 6.45) is 0.269. The van der Waals surface area contributed by atoms with E-state index in [-0.39, 0.29) is 37.4 Å². The Balaban J connectivity index is 4.10. The van der Waals surface area contributed by atoms with Crippen LogP contribution in [0.3, 0.4) is 0 Å². The normalized spacial score (nSPS) is 12.0. The molecule has 0 radical (unpaired) electrons. The second-order valence-electron chi connectivity index (χ2n) is 4.74. The lowest BCUT2D eigenvalue weighted by Crippen LogP contribution is -2.50. The number of amides is 2. The predicted molar refractivity (Wildman–Crippen MR) is 83.3 cm³/mol. The molecule has 4 N–H and O–H groups in total. The van der Waals surface area contributed by atoms with Gasteiger partial charge in [0.2, 0.25) is 11.8 Å². The molecule has 0 heterocycles. The molecule has 0 aromatic heterocycles. The van der Waals surface area contributed by atoms with Crippen molar-refractivity contribution in [2.45, 2.75) is 39.3 Å². The number of carboxylic acids is 1. The first-order valence-corrected chi connectivity index (χ1v) is 8.12. The quantitative estimate of drug-likeness (QED) is 0.393. The van der Waals surface area contributed by atoms with Crippen LogP contribution in [-0.2, 0) is 14.4 Å². The zero-order chi connectivity index (χ0) is 16.3. The maximum atomic E-state index is 11.6. The molecule has 1 atom stereocenters. The van der Waals surface area contributed by atoms with Crippen LogP contribution in [0.25, 0.3) is 0 Å². The highest BCUT2D eigenvalue weighted by atomic mass is 32.2. The highest BCUT2D eigenvalue weighted by Gasteiger charge is 2.20. The Hall–Kier alpha value is -1.28. The van der Waals surface area contributed by atoms with Gasteiger partial charge in [0, 0.05) is 24.8 Å². The Bertz CT molecular complexity index is 350. The number of carboxylic acid groups (broad SMARTS) is 1. The van der Waals surface area contributed by atoms with Crippen molar-refractivity contribution >= 4 is 29.5 Å². The fourth-order valence-electron chi connectivity index (χ4n) is 1.35. The van der Waals surface area contributed by atoms with Gasteiger partial charge in [0.25, 0.3) is 0 Å². The van der Waals surface area contributed by atoms with E-state index in [1.165, 1.54) is 0 Å². The number of thioether (sulfide) groups is 1. The zero-order valence-corrected chi connectivity index (χ0v) is 13.6. The topological polar surface area (TPSA) is 108 Å². The average Bonchev–Trinajstić information content (AvgIpc) is 2.41. The Morgan fingerprint density at radius 3 is 2.38 bits per heavy atom. The molecule has 0 saturated heterocycles.